The molecule has 1 aromatic carbocycles. The molecule has 1 heterocycles. The molecule has 0 spiro atoms. The standard InChI is InChI=1S/C19H26N2O2S/c24-19(20-15-4-2-1-3-5-15)21-18(13-6-7-13)14-8-9-16-17(12-14)23-11-10-22-16/h8-9,12-13,15,18H,1-7,10-11H2,(H2,20,21,24)/t18-/m0/s1. The van der Waals surface area contributed by atoms with Crippen LogP contribution in [0.25, 0.3) is 0 Å². The fourth-order valence-corrected chi connectivity index (χ4v) is 4.07. The number of benzene rings is 1. The zero-order chi connectivity index (χ0) is 16.4. The molecule has 0 aromatic heterocycles. The minimum absolute atomic E-state index is 0.268. The van der Waals surface area contributed by atoms with Gasteiger partial charge in [0.1, 0.15) is 13.2 Å². The van der Waals surface area contributed by atoms with Crippen LogP contribution < -0.4 is 20.1 Å². The van der Waals surface area contributed by atoms with E-state index >= 15 is 0 Å². The normalized spacial score (nSPS) is 21.8. The van der Waals surface area contributed by atoms with Crippen LogP contribution in [0, 0.1) is 5.92 Å². The highest BCUT2D eigenvalue weighted by Crippen LogP contribution is 2.43. The van der Waals surface area contributed by atoms with E-state index < -0.39 is 0 Å². The van der Waals surface area contributed by atoms with Crippen LogP contribution in [0.4, 0.5) is 0 Å². The third-order valence-corrected chi connectivity index (χ3v) is 5.48. The van der Waals surface area contributed by atoms with Gasteiger partial charge >= 0.3 is 0 Å². The molecule has 130 valence electrons. The highest BCUT2D eigenvalue weighted by Gasteiger charge is 2.33. The lowest BCUT2D eigenvalue weighted by atomic mass is 9.96. The lowest BCUT2D eigenvalue weighted by Gasteiger charge is -2.28. The van der Waals surface area contributed by atoms with Crippen molar-refractivity contribution in [3.8, 4) is 11.5 Å². The van der Waals surface area contributed by atoms with Crippen molar-refractivity contribution in [2.45, 2.75) is 57.0 Å². The first-order chi connectivity index (χ1) is 11.8. The average molecular weight is 346 g/mol. The van der Waals surface area contributed by atoms with E-state index in [0.717, 1.165) is 16.6 Å². The molecular weight excluding hydrogens is 320 g/mol. The molecule has 0 bridgehead atoms. The largest absolute Gasteiger partial charge is 0.486 e. The van der Waals surface area contributed by atoms with Crippen LogP contribution in [-0.4, -0.2) is 24.4 Å². The van der Waals surface area contributed by atoms with Crippen molar-refractivity contribution < 1.29 is 9.47 Å². The van der Waals surface area contributed by atoms with Crippen LogP contribution in [0.1, 0.15) is 56.6 Å². The first-order valence-corrected chi connectivity index (χ1v) is 9.67. The summed E-state index contributed by atoms with van der Waals surface area (Å²) in [6, 6.07) is 7.10. The number of ether oxygens (including phenoxy) is 2. The van der Waals surface area contributed by atoms with Gasteiger partial charge < -0.3 is 20.1 Å². The molecule has 1 aliphatic heterocycles. The predicted molar refractivity (Wildman–Crippen MR) is 98.6 cm³/mol. The summed E-state index contributed by atoms with van der Waals surface area (Å²) in [7, 11) is 0. The number of thiocarbonyl (C=S) groups is 1. The van der Waals surface area contributed by atoms with Crippen molar-refractivity contribution in [2.24, 2.45) is 5.92 Å². The zero-order valence-electron chi connectivity index (χ0n) is 14.1. The summed E-state index contributed by atoms with van der Waals surface area (Å²) in [4.78, 5) is 0. The van der Waals surface area contributed by atoms with Crippen molar-refractivity contribution in [1.82, 2.24) is 10.6 Å². The molecule has 1 atom stereocenters. The molecular formula is C19H26N2O2S. The Morgan fingerprint density at radius 2 is 1.75 bits per heavy atom. The Balaban J connectivity index is 1.43. The van der Waals surface area contributed by atoms with Crippen molar-refractivity contribution in [3.05, 3.63) is 23.8 Å². The van der Waals surface area contributed by atoms with Crippen LogP contribution in [0.3, 0.4) is 0 Å². The molecule has 3 aliphatic rings. The third kappa shape index (κ3) is 3.77. The van der Waals surface area contributed by atoms with Crippen LogP contribution >= 0.6 is 12.2 Å². The van der Waals surface area contributed by atoms with E-state index in [-0.39, 0.29) is 6.04 Å². The minimum Gasteiger partial charge on any atom is -0.486 e. The molecule has 24 heavy (non-hydrogen) atoms. The molecule has 0 radical (unpaired) electrons. The zero-order valence-corrected chi connectivity index (χ0v) is 14.9. The predicted octanol–water partition coefficient (Wildman–Crippen LogP) is 3.71. The van der Waals surface area contributed by atoms with Crippen LogP contribution in [-0.2, 0) is 0 Å². The smallest absolute Gasteiger partial charge is 0.167 e. The van der Waals surface area contributed by atoms with Crippen molar-refractivity contribution >= 4 is 17.3 Å². The van der Waals surface area contributed by atoms with E-state index in [4.69, 9.17) is 21.7 Å². The third-order valence-electron chi connectivity index (χ3n) is 5.25. The summed E-state index contributed by atoms with van der Waals surface area (Å²) in [5.74, 6) is 2.37. The van der Waals surface area contributed by atoms with Crippen molar-refractivity contribution in [1.29, 1.82) is 0 Å². The number of fused-ring (bicyclic) bond motifs is 1. The first kappa shape index (κ1) is 16.0. The van der Waals surface area contributed by atoms with Gasteiger partial charge in [-0.05, 0) is 61.5 Å². The molecule has 4 nitrogen and oxygen atoms in total. The van der Waals surface area contributed by atoms with Crippen molar-refractivity contribution in [2.75, 3.05) is 13.2 Å². The molecule has 2 fully saturated rings. The van der Waals surface area contributed by atoms with Gasteiger partial charge in [0.15, 0.2) is 16.6 Å². The summed E-state index contributed by atoms with van der Waals surface area (Å²) in [5.41, 5.74) is 1.24. The Kier molecular flexibility index (Phi) is 4.79. The lowest BCUT2D eigenvalue weighted by Crippen LogP contribution is -2.44. The second-order valence-electron chi connectivity index (χ2n) is 7.17. The molecule has 2 aliphatic carbocycles. The Bertz CT molecular complexity index is 597. The van der Waals surface area contributed by atoms with E-state index in [1.807, 2.05) is 6.07 Å². The summed E-state index contributed by atoms with van der Waals surface area (Å²) in [6.07, 6.45) is 8.99. The molecule has 2 saturated carbocycles. The Labute approximate surface area is 149 Å². The Hall–Kier alpha value is -1.49. The molecule has 2 N–H and O–H groups in total. The van der Waals surface area contributed by atoms with Gasteiger partial charge in [-0.3, -0.25) is 0 Å². The second-order valence-corrected chi connectivity index (χ2v) is 7.58. The quantitative estimate of drug-likeness (QED) is 0.814. The number of hydrogen-bond acceptors (Lipinski definition) is 3. The molecule has 5 heteroatoms. The van der Waals surface area contributed by atoms with E-state index in [9.17, 15) is 0 Å². The van der Waals surface area contributed by atoms with E-state index in [2.05, 4.69) is 22.8 Å². The van der Waals surface area contributed by atoms with Gasteiger partial charge in [0.25, 0.3) is 0 Å². The summed E-state index contributed by atoms with van der Waals surface area (Å²) < 4.78 is 11.4. The molecule has 1 aromatic rings. The highest BCUT2D eigenvalue weighted by atomic mass is 32.1. The van der Waals surface area contributed by atoms with Crippen LogP contribution in [0.5, 0.6) is 11.5 Å². The van der Waals surface area contributed by atoms with Crippen LogP contribution in [0.15, 0.2) is 18.2 Å². The second kappa shape index (κ2) is 7.18. The number of rotatable bonds is 4. The number of nitrogens with one attached hydrogen (secondary N) is 2. The average Bonchev–Trinajstić information content (AvgIpc) is 3.45. The van der Waals surface area contributed by atoms with Gasteiger partial charge in [-0.1, -0.05) is 25.3 Å². The highest BCUT2D eigenvalue weighted by molar-refractivity contribution is 7.80. The topological polar surface area (TPSA) is 42.5 Å². The monoisotopic (exact) mass is 346 g/mol. The van der Waals surface area contributed by atoms with Gasteiger partial charge in [-0.15, -0.1) is 0 Å². The fourth-order valence-electron chi connectivity index (χ4n) is 3.77. The van der Waals surface area contributed by atoms with Gasteiger partial charge in [-0.25, -0.2) is 0 Å². The van der Waals surface area contributed by atoms with Gasteiger partial charge in [0.05, 0.1) is 6.04 Å². The lowest BCUT2D eigenvalue weighted by molar-refractivity contribution is 0.171. The van der Waals surface area contributed by atoms with Gasteiger partial charge in [0.2, 0.25) is 0 Å². The summed E-state index contributed by atoms with van der Waals surface area (Å²) in [6.45, 7) is 1.26. The fraction of sp³-hybridized carbons (Fsp3) is 0.632. The van der Waals surface area contributed by atoms with Crippen molar-refractivity contribution in [3.63, 3.8) is 0 Å². The Morgan fingerprint density at radius 3 is 2.50 bits per heavy atom. The maximum atomic E-state index is 5.74. The van der Waals surface area contributed by atoms with E-state index in [1.165, 1.54) is 50.5 Å². The molecule has 0 saturated heterocycles. The SMILES string of the molecule is S=C(NC1CCCCC1)N[C@H](c1ccc2c(c1)OCCO2)C1CC1. The van der Waals surface area contributed by atoms with Gasteiger partial charge in [0, 0.05) is 6.04 Å². The Morgan fingerprint density at radius 1 is 1.00 bits per heavy atom. The molecule has 4 rings (SSSR count). The molecule has 0 unspecified atom stereocenters. The number of hydrogen-bond donors (Lipinski definition) is 2. The van der Waals surface area contributed by atoms with Gasteiger partial charge in [-0.2, -0.15) is 0 Å². The minimum atomic E-state index is 0.268. The summed E-state index contributed by atoms with van der Waals surface area (Å²) >= 11 is 5.60. The molecule has 0 amide bonds. The summed E-state index contributed by atoms with van der Waals surface area (Å²) in [5, 5.41) is 7.90. The van der Waals surface area contributed by atoms with E-state index in [1.54, 1.807) is 0 Å². The maximum absolute atomic E-state index is 5.74. The first-order valence-electron chi connectivity index (χ1n) is 9.26. The maximum Gasteiger partial charge on any atom is 0.167 e. The van der Waals surface area contributed by atoms with E-state index in [0.29, 0.717) is 25.2 Å². The van der Waals surface area contributed by atoms with Crippen LogP contribution in [0.2, 0.25) is 0 Å².